The van der Waals surface area contributed by atoms with Crippen molar-refractivity contribution < 1.29 is 24.2 Å². The van der Waals surface area contributed by atoms with Gasteiger partial charge in [0.2, 0.25) is 0 Å². The number of carbonyl (C=O) groups excluding carboxylic acids is 1. The van der Waals surface area contributed by atoms with Crippen LogP contribution in [0.1, 0.15) is 36.0 Å². The van der Waals surface area contributed by atoms with Crippen molar-refractivity contribution in [2.75, 3.05) is 13.2 Å². The van der Waals surface area contributed by atoms with Crippen molar-refractivity contribution in [2.24, 2.45) is 0 Å². The highest BCUT2D eigenvalue weighted by Gasteiger charge is 2.13. The highest BCUT2D eigenvalue weighted by Crippen LogP contribution is 2.14. The number of hydrogen-bond acceptors (Lipinski definition) is 4. The van der Waals surface area contributed by atoms with Crippen LogP contribution < -0.4 is 9.47 Å². The van der Waals surface area contributed by atoms with Crippen LogP contribution in [0.25, 0.3) is 0 Å². The van der Waals surface area contributed by atoms with Gasteiger partial charge in [0.1, 0.15) is 11.5 Å². The summed E-state index contributed by atoms with van der Waals surface area (Å²) in [5.74, 6) is -0.834. The van der Waals surface area contributed by atoms with Gasteiger partial charge in [-0.15, -0.1) is 0 Å². The van der Waals surface area contributed by atoms with Gasteiger partial charge >= 0.3 is 5.97 Å². The van der Waals surface area contributed by atoms with Crippen LogP contribution in [0.2, 0.25) is 0 Å². The van der Waals surface area contributed by atoms with Gasteiger partial charge in [-0.2, -0.15) is 0 Å². The van der Waals surface area contributed by atoms with Crippen molar-refractivity contribution >= 4 is 11.8 Å². The molecule has 0 bridgehead atoms. The predicted octanol–water partition coefficient (Wildman–Crippen LogP) is 3.97. The monoisotopic (exact) mass is 342 g/mol. The average molecular weight is 342 g/mol. The summed E-state index contributed by atoms with van der Waals surface area (Å²) in [4.78, 5) is 21.9. The zero-order valence-corrected chi connectivity index (χ0v) is 14.0. The van der Waals surface area contributed by atoms with Crippen LogP contribution in [0.15, 0.2) is 54.6 Å². The standard InChI is InChI=1S/C20H22O5/c21-19(20(22)23)16-10-12-18(13-11-16)25-15-7-2-1-6-14-24-17-8-4-3-5-9-17/h3-5,8-13H,1-2,6-7,14-15H2,(H,22,23). The van der Waals surface area contributed by atoms with E-state index in [0.717, 1.165) is 31.4 Å². The van der Waals surface area contributed by atoms with Crippen molar-refractivity contribution in [1.82, 2.24) is 0 Å². The fourth-order valence-corrected chi connectivity index (χ4v) is 2.28. The lowest BCUT2D eigenvalue weighted by molar-refractivity contribution is -0.131. The first-order chi connectivity index (χ1) is 12.2. The van der Waals surface area contributed by atoms with Gasteiger partial charge in [0.15, 0.2) is 0 Å². The molecule has 25 heavy (non-hydrogen) atoms. The van der Waals surface area contributed by atoms with Crippen molar-refractivity contribution in [3.8, 4) is 11.5 Å². The quantitative estimate of drug-likeness (QED) is 0.380. The van der Waals surface area contributed by atoms with E-state index in [1.807, 2.05) is 30.3 Å². The molecule has 132 valence electrons. The van der Waals surface area contributed by atoms with Crippen molar-refractivity contribution in [3.05, 3.63) is 60.2 Å². The number of hydrogen-bond donors (Lipinski definition) is 1. The highest BCUT2D eigenvalue weighted by molar-refractivity contribution is 6.39. The summed E-state index contributed by atoms with van der Waals surface area (Å²) < 4.78 is 11.2. The van der Waals surface area contributed by atoms with E-state index in [1.165, 1.54) is 12.1 Å². The largest absolute Gasteiger partial charge is 0.494 e. The summed E-state index contributed by atoms with van der Waals surface area (Å²) in [5, 5.41) is 8.64. The minimum atomic E-state index is -1.45. The Morgan fingerprint density at radius 1 is 0.720 bits per heavy atom. The molecule has 2 aromatic rings. The molecule has 0 spiro atoms. The van der Waals surface area contributed by atoms with Crippen LogP contribution in [0, 0.1) is 0 Å². The Bertz CT molecular complexity index is 664. The van der Waals surface area contributed by atoms with Gasteiger partial charge in [0.05, 0.1) is 13.2 Å². The van der Waals surface area contributed by atoms with E-state index in [-0.39, 0.29) is 5.56 Å². The third kappa shape index (κ3) is 6.67. The lowest BCUT2D eigenvalue weighted by Crippen LogP contribution is -2.12. The van der Waals surface area contributed by atoms with Crippen LogP contribution in [-0.2, 0) is 4.79 Å². The van der Waals surface area contributed by atoms with Crippen LogP contribution in [0.4, 0.5) is 0 Å². The molecule has 1 N–H and O–H groups in total. The number of ether oxygens (including phenoxy) is 2. The maximum absolute atomic E-state index is 11.3. The summed E-state index contributed by atoms with van der Waals surface area (Å²) >= 11 is 0. The topological polar surface area (TPSA) is 72.8 Å². The summed E-state index contributed by atoms with van der Waals surface area (Å²) in [6.45, 7) is 1.30. The number of rotatable bonds is 11. The van der Waals surface area contributed by atoms with Gasteiger partial charge < -0.3 is 14.6 Å². The molecule has 0 radical (unpaired) electrons. The summed E-state index contributed by atoms with van der Waals surface area (Å²) in [5.41, 5.74) is 0.151. The van der Waals surface area contributed by atoms with Gasteiger partial charge in [-0.05, 0) is 62.1 Å². The SMILES string of the molecule is O=C(O)C(=O)c1ccc(OCCCCCCOc2ccccc2)cc1. The van der Waals surface area contributed by atoms with Crippen molar-refractivity contribution in [1.29, 1.82) is 0 Å². The molecule has 2 rings (SSSR count). The molecule has 5 nitrogen and oxygen atoms in total. The van der Waals surface area contributed by atoms with Gasteiger partial charge in [-0.3, -0.25) is 4.79 Å². The maximum atomic E-state index is 11.3. The number of unbranched alkanes of at least 4 members (excludes halogenated alkanes) is 3. The normalized spacial score (nSPS) is 10.2. The fourth-order valence-electron chi connectivity index (χ4n) is 2.28. The first-order valence-electron chi connectivity index (χ1n) is 8.35. The summed E-state index contributed by atoms with van der Waals surface area (Å²) in [6.07, 6.45) is 4.05. The second kappa shape index (κ2) is 10.1. The number of carbonyl (C=O) groups is 2. The molecule has 0 atom stereocenters. The molecule has 2 aromatic carbocycles. The van der Waals surface area contributed by atoms with Gasteiger partial charge in [-0.25, -0.2) is 4.79 Å². The molecule has 0 fully saturated rings. The number of ketones is 1. The van der Waals surface area contributed by atoms with Crippen molar-refractivity contribution in [3.63, 3.8) is 0 Å². The zero-order chi connectivity index (χ0) is 17.9. The second-order valence-electron chi connectivity index (χ2n) is 5.58. The Labute approximate surface area is 147 Å². The number of aliphatic carboxylic acids is 1. The fraction of sp³-hybridized carbons (Fsp3) is 0.300. The van der Waals surface area contributed by atoms with E-state index in [1.54, 1.807) is 12.1 Å². The van der Waals surface area contributed by atoms with E-state index in [0.29, 0.717) is 19.0 Å². The molecular weight excluding hydrogens is 320 g/mol. The minimum absolute atomic E-state index is 0.151. The first-order valence-corrected chi connectivity index (χ1v) is 8.35. The molecule has 0 unspecified atom stereocenters. The summed E-state index contributed by atoms with van der Waals surface area (Å²) in [6, 6.07) is 15.9. The Hall–Kier alpha value is -2.82. The molecule has 0 saturated heterocycles. The van der Waals surface area contributed by atoms with Crippen LogP contribution in [0.5, 0.6) is 11.5 Å². The molecule has 5 heteroatoms. The Morgan fingerprint density at radius 3 is 1.76 bits per heavy atom. The summed E-state index contributed by atoms with van der Waals surface area (Å²) in [7, 11) is 0. The highest BCUT2D eigenvalue weighted by atomic mass is 16.5. The lowest BCUT2D eigenvalue weighted by Gasteiger charge is -2.07. The van der Waals surface area contributed by atoms with Crippen LogP contribution in [-0.4, -0.2) is 30.1 Å². The average Bonchev–Trinajstić information content (AvgIpc) is 2.64. The number of Topliss-reactive ketones (excluding diaryl/α,β-unsaturated/α-hetero) is 1. The second-order valence-corrected chi connectivity index (χ2v) is 5.58. The maximum Gasteiger partial charge on any atom is 0.377 e. The zero-order valence-electron chi connectivity index (χ0n) is 14.0. The van der Waals surface area contributed by atoms with Crippen LogP contribution in [0.3, 0.4) is 0 Å². The van der Waals surface area contributed by atoms with E-state index in [4.69, 9.17) is 14.6 Å². The Morgan fingerprint density at radius 2 is 1.24 bits per heavy atom. The Balaban J connectivity index is 1.54. The molecule has 0 aliphatic rings. The smallest absolute Gasteiger partial charge is 0.377 e. The molecule has 0 amide bonds. The van der Waals surface area contributed by atoms with Crippen molar-refractivity contribution in [2.45, 2.75) is 25.7 Å². The third-order valence-electron chi connectivity index (χ3n) is 3.63. The van der Waals surface area contributed by atoms with E-state index in [9.17, 15) is 9.59 Å². The number of para-hydroxylation sites is 1. The molecule has 0 saturated carbocycles. The molecule has 0 aromatic heterocycles. The minimum Gasteiger partial charge on any atom is -0.494 e. The van der Waals surface area contributed by atoms with Crippen LogP contribution >= 0.6 is 0 Å². The molecule has 0 aliphatic heterocycles. The van der Waals surface area contributed by atoms with E-state index >= 15 is 0 Å². The van der Waals surface area contributed by atoms with Gasteiger partial charge in [0.25, 0.3) is 5.78 Å². The van der Waals surface area contributed by atoms with E-state index < -0.39 is 11.8 Å². The molecule has 0 aliphatic carbocycles. The van der Waals surface area contributed by atoms with E-state index in [2.05, 4.69) is 0 Å². The first kappa shape index (κ1) is 18.5. The predicted molar refractivity (Wildman–Crippen MR) is 94.3 cm³/mol. The number of benzene rings is 2. The number of carboxylic acids is 1. The third-order valence-corrected chi connectivity index (χ3v) is 3.63. The molecular formula is C20H22O5. The van der Waals surface area contributed by atoms with Gasteiger partial charge in [0, 0.05) is 5.56 Å². The van der Waals surface area contributed by atoms with Gasteiger partial charge in [-0.1, -0.05) is 18.2 Å². The number of carboxylic acid groups (broad SMARTS) is 1. The Kier molecular flexibility index (Phi) is 7.50. The lowest BCUT2D eigenvalue weighted by atomic mass is 10.1. The molecule has 0 heterocycles.